The third-order valence-electron chi connectivity index (χ3n) is 3.62. The Hall–Kier alpha value is -1.76. The van der Waals surface area contributed by atoms with Crippen LogP contribution in [0, 0.1) is 11.3 Å². The molecule has 124 valence electrons. The Bertz CT molecular complexity index is 993. The summed E-state index contributed by atoms with van der Waals surface area (Å²) in [5.41, 5.74) is 3.40. The molecule has 2 nitrogen and oxygen atoms in total. The van der Waals surface area contributed by atoms with Crippen molar-refractivity contribution in [1.82, 2.24) is 4.98 Å². The van der Waals surface area contributed by atoms with Gasteiger partial charge in [-0.15, -0.1) is 0 Å². The summed E-state index contributed by atoms with van der Waals surface area (Å²) in [6.45, 7) is 0. The number of halogens is 4. The second-order valence-electron chi connectivity index (χ2n) is 5.28. The van der Waals surface area contributed by atoms with Crippen LogP contribution in [0.5, 0.6) is 0 Å². The van der Waals surface area contributed by atoms with E-state index in [0.717, 1.165) is 11.1 Å². The van der Waals surface area contributed by atoms with Gasteiger partial charge in [0.05, 0.1) is 28.9 Å². The molecule has 25 heavy (non-hydrogen) atoms. The molecule has 2 aromatic carbocycles. The molecule has 0 radical (unpaired) electrons. The monoisotopic (exact) mass is 406 g/mol. The zero-order valence-electron chi connectivity index (χ0n) is 12.7. The third-order valence-corrected chi connectivity index (χ3v) is 4.74. The third kappa shape index (κ3) is 3.92. The lowest BCUT2D eigenvalue weighted by molar-refractivity contribution is 1.12. The molecule has 0 spiro atoms. The number of nitriles is 1. The molecular formula is C19H10Cl4N2. The van der Waals surface area contributed by atoms with Crippen LogP contribution >= 0.6 is 46.4 Å². The van der Waals surface area contributed by atoms with Gasteiger partial charge in [-0.25, -0.2) is 0 Å². The van der Waals surface area contributed by atoms with Gasteiger partial charge in [-0.1, -0.05) is 52.5 Å². The number of pyridine rings is 1. The first-order valence-electron chi connectivity index (χ1n) is 7.27. The lowest BCUT2D eigenvalue weighted by atomic mass is 9.98. The standard InChI is InChI=1S/C19H10Cl4N2/c20-11-1-5-17(22)15(9-11)14-4-3-13(7-8-24)25-19(14)16-10-12(21)2-6-18(16)23/h1-6,9-10H,7H2. The van der Waals surface area contributed by atoms with Crippen molar-refractivity contribution in [2.24, 2.45) is 0 Å². The van der Waals surface area contributed by atoms with Crippen LogP contribution in [0.2, 0.25) is 20.1 Å². The summed E-state index contributed by atoms with van der Waals surface area (Å²) in [7, 11) is 0. The SMILES string of the molecule is N#CCc1ccc(-c2cc(Cl)ccc2Cl)c(-c2cc(Cl)ccc2Cl)n1. The summed E-state index contributed by atoms with van der Waals surface area (Å²) in [5.74, 6) is 0. The molecule has 0 fully saturated rings. The van der Waals surface area contributed by atoms with Gasteiger partial charge in [0.2, 0.25) is 0 Å². The smallest absolute Gasteiger partial charge is 0.0800 e. The minimum Gasteiger partial charge on any atom is -0.251 e. The molecule has 6 heteroatoms. The maximum Gasteiger partial charge on any atom is 0.0800 e. The van der Waals surface area contributed by atoms with E-state index in [9.17, 15) is 0 Å². The van der Waals surface area contributed by atoms with E-state index in [1.165, 1.54) is 0 Å². The van der Waals surface area contributed by atoms with Crippen LogP contribution in [0.15, 0.2) is 48.5 Å². The number of nitrogens with zero attached hydrogens (tertiary/aromatic N) is 2. The molecule has 0 unspecified atom stereocenters. The molecule has 0 aliphatic carbocycles. The van der Waals surface area contributed by atoms with Crippen LogP contribution in [0.25, 0.3) is 22.4 Å². The van der Waals surface area contributed by atoms with Crippen LogP contribution in [-0.2, 0) is 6.42 Å². The predicted molar refractivity (Wildman–Crippen MR) is 104 cm³/mol. The van der Waals surface area contributed by atoms with Crippen molar-refractivity contribution in [3.63, 3.8) is 0 Å². The first kappa shape index (κ1) is 18.0. The number of rotatable bonds is 3. The maximum atomic E-state index is 8.97. The molecule has 0 saturated carbocycles. The van der Waals surface area contributed by atoms with Crippen LogP contribution in [0.1, 0.15) is 5.69 Å². The van der Waals surface area contributed by atoms with Gasteiger partial charge in [0, 0.05) is 31.8 Å². The first-order valence-corrected chi connectivity index (χ1v) is 8.78. The fraction of sp³-hybridized carbons (Fsp3) is 0.0526. The van der Waals surface area contributed by atoms with Crippen molar-refractivity contribution >= 4 is 46.4 Å². The van der Waals surface area contributed by atoms with Gasteiger partial charge in [0.15, 0.2) is 0 Å². The van der Waals surface area contributed by atoms with Gasteiger partial charge in [-0.2, -0.15) is 5.26 Å². The second kappa shape index (κ2) is 7.64. The summed E-state index contributed by atoms with van der Waals surface area (Å²) < 4.78 is 0. The van der Waals surface area contributed by atoms with E-state index in [1.54, 1.807) is 42.5 Å². The number of aromatic nitrogens is 1. The quantitative estimate of drug-likeness (QED) is 0.464. The number of hydrogen-bond acceptors (Lipinski definition) is 2. The Kier molecular flexibility index (Phi) is 5.51. The molecule has 0 saturated heterocycles. The highest BCUT2D eigenvalue weighted by Gasteiger charge is 2.16. The lowest BCUT2D eigenvalue weighted by Crippen LogP contribution is -1.96. The van der Waals surface area contributed by atoms with E-state index in [1.807, 2.05) is 6.07 Å². The molecule has 0 N–H and O–H groups in total. The Morgan fingerprint density at radius 3 is 2.00 bits per heavy atom. The molecule has 3 rings (SSSR count). The summed E-state index contributed by atoms with van der Waals surface area (Å²) in [6, 6.07) is 16.1. The maximum absolute atomic E-state index is 8.97. The normalized spacial score (nSPS) is 10.5. The first-order chi connectivity index (χ1) is 12.0. The van der Waals surface area contributed by atoms with Crippen LogP contribution in [0.4, 0.5) is 0 Å². The molecule has 0 bridgehead atoms. The summed E-state index contributed by atoms with van der Waals surface area (Å²) in [4.78, 5) is 4.61. The number of benzene rings is 2. The minimum atomic E-state index is 0.189. The molecular weight excluding hydrogens is 398 g/mol. The molecule has 3 aromatic rings. The van der Waals surface area contributed by atoms with Crippen molar-refractivity contribution in [2.75, 3.05) is 0 Å². The van der Waals surface area contributed by atoms with Crippen molar-refractivity contribution < 1.29 is 0 Å². The van der Waals surface area contributed by atoms with Gasteiger partial charge in [0.1, 0.15) is 0 Å². The van der Waals surface area contributed by atoms with Gasteiger partial charge in [-0.05, 0) is 42.5 Å². The summed E-state index contributed by atoms with van der Waals surface area (Å²) >= 11 is 25.0. The largest absolute Gasteiger partial charge is 0.251 e. The average molecular weight is 408 g/mol. The molecule has 0 amide bonds. The second-order valence-corrected chi connectivity index (χ2v) is 6.97. The van der Waals surface area contributed by atoms with Gasteiger partial charge in [0.25, 0.3) is 0 Å². The summed E-state index contributed by atoms with van der Waals surface area (Å²) in [5, 5.41) is 11.1. The fourth-order valence-corrected chi connectivity index (χ4v) is 3.26. The van der Waals surface area contributed by atoms with Crippen LogP contribution in [-0.4, -0.2) is 4.98 Å². The molecule has 0 aliphatic heterocycles. The van der Waals surface area contributed by atoms with E-state index in [2.05, 4.69) is 11.1 Å². The van der Waals surface area contributed by atoms with Crippen molar-refractivity contribution in [3.05, 3.63) is 74.3 Å². The van der Waals surface area contributed by atoms with E-state index >= 15 is 0 Å². The molecule has 0 atom stereocenters. The number of hydrogen-bond donors (Lipinski definition) is 0. The van der Waals surface area contributed by atoms with E-state index < -0.39 is 0 Å². The Morgan fingerprint density at radius 1 is 0.760 bits per heavy atom. The van der Waals surface area contributed by atoms with E-state index in [-0.39, 0.29) is 6.42 Å². The molecule has 1 heterocycles. The Labute approximate surface area is 165 Å². The van der Waals surface area contributed by atoms with Crippen molar-refractivity contribution in [2.45, 2.75) is 6.42 Å². The summed E-state index contributed by atoms with van der Waals surface area (Å²) in [6.07, 6.45) is 0.189. The van der Waals surface area contributed by atoms with E-state index in [4.69, 9.17) is 51.7 Å². The van der Waals surface area contributed by atoms with E-state index in [0.29, 0.717) is 37.0 Å². The zero-order chi connectivity index (χ0) is 18.0. The average Bonchev–Trinajstić information content (AvgIpc) is 2.59. The highest BCUT2D eigenvalue weighted by molar-refractivity contribution is 6.36. The topological polar surface area (TPSA) is 36.7 Å². The highest BCUT2D eigenvalue weighted by atomic mass is 35.5. The highest BCUT2D eigenvalue weighted by Crippen LogP contribution is 2.39. The Morgan fingerprint density at radius 2 is 1.36 bits per heavy atom. The van der Waals surface area contributed by atoms with Crippen molar-refractivity contribution in [1.29, 1.82) is 5.26 Å². The van der Waals surface area contributed by atoms with Gasteiger partial charge >= 0.3 is 0 Å². The van der Waals surface area contributed by atoms with Gasteiger partial charge in [-0.3, -0.25) is 4.98 Å². The van der Waals surface area contributed by atoms with Gasteiger partial charge < -0.3 is 0 Å². The molecule has 0 aliphatic rings. The zero-order valence-corrected chi connectivity index (χ0v) is 15.8. The predicted octanol–water partition coefficient (Wildman–Crippen LogP) is 7.10. The minimum absolute atomic E-state index is 0.189. The van der Waals surface area contributed by atoms with Crippen molar-refractivity contribution in [3.8, 4) is 28.5 Å². The molecule has 1 aromatic heterocycles. The lowest BCUT2D eigenvalue weighted by Gasteiger charge is -2.14. The Balaban J connectivity index is 2.31. The van der Waals surface area contributed by atoms with Crippen LogP contribution < -0.4 is 0 Å². The fourth-order valence-electron chi connectivity index (χ4n) is 2.48. The van der Waals surface area contributed by atoms with Crippen LogP contribution in [0.3, 0.4) is 0 Å².